The highest BCUT2D eigenvalue weighted by atomic mass is 79.9. The molecule has 0 aliphatic heterocycles. The topological polar surface area (TPSA) is 54.3 Å². The normalized spacial score (nSPS) is 16.1. The number of nitrogens with one attached hydrogen (secondary N) is 1. The van der Waals surface area contributed by atoms with Gasteiger partial charge in [-0.2, -0.15) is 0 Å². The third kappa shape index (κ3) is 4.09. The van der Waals surface area contributed by atoms with Gasteiger partial charge in [0.05, 0.1) is 0 Å². The first kappa shape index (κ1) is 15.6. The smallest absolute Gasteiger partial charge is 0.267 e. The van der Waals surface area contributed by atoms with Crippen LogP contribution in [0.15, 0.2) is 16.7 Å². The fourth-order valence-corrected chi connectivity index (χ4v) is 2.99. The molecule has 1 amide bonds. The predicted octanol–water partition coefficient (Wildman–Crippen LogP) is 3.11. The molecular weight excluding hydrogens is 320 g/mol. The van der Waals surface area contributed by atoms with E-state index in [1.165, 1.54) is 0 Å². The number of halogens is 1. The summed E-state index contributed by atoms with van der Waals surface area (Å²) < 4.78 is 3.02. The number of aliphatic hydroxyl groups excluding tert-OH is 1. The summed E-state index contributed by atoms with van der Waals surface area (Å²) in [6.07, 6.45) is 7.17. The maximum absolute atomic E-state index is 12.3. The van der Waals surface area contributed by atoms with Crippen LogP contribution in [0.25, 0.3) is 0 Å². The van der Waals surface area contributed by atoms with Crippen molar-refractivity contribution in [2.24, 2.45) is 5.92 Å². The second-order valence-corrected chi connectivity index (χ2v) is 6.47. The summed E-state index contributed by atoms with van der Waals surface area (Å²) >= 11 is 3.44. The molecule has 4 nitrogen and oxygen atoms in total. The Bertz CT molecular complexity index is 449. The molecule has 0 spiro atoms. The molecule has 1 fully saturated rings. The largest absolute Gasteiger partial charge is 0.396 e. The van der Waals surface area contributed by atoms with Gasteiger partial charge in [0.1, 0.15) is 5.69 Å². The van der Waals surface area contributed by atoms with Crippen molar-refractivity contribution in [3.05, 3.63) is 22.4 Å². The van der Waals surface area contributed by atoms with Crippen molar-refractivity contribution >= 4 is 21.8 Å². The molecule has 20 heavy (non-hydrogen) atoms. The lowest BCUT2D eigenvalue weighted by atomic mass is 10.0. The van der Waals surface area contributed by atoms with Crippen molar-refractivity contribution in [3.8, 4) is 0 Å². The van der Waals surface area contributed by atoms with E-state index in [-0.39, 0.29) is 12.5 Å². The Labute approximate surface area is 128 Å². The Hall–Kier alpha value is -0.810. The van der Waals surface area contributed by atoms with Crippen molar-refractivity contribution in [2.75, 3.05) is 13.2 Å². The molecule has 1 aromatic rings. The summed E-state index contributed by atoms with van der Waals surface area (Å²) in [5, 5.41) is 12.1. The summed E-state index contributed by atoms with van der Waals surface area (Å²) in [7, 11) is 0. The first-order chi connectivity index (χ1) is 9.65. The van der Waals surface area contributed by atoms with Gasteiger partial charge in [-0.25, -0.2) is 0 Å². The number of aromatic nitrogens is 1. The van der Waals surface area contributed by atoms with E-state index in [1.54, 1.807) is 0 Å². The van der Waals surface area contributed by atoms with Gasteiger partial charge in [0, 0.05) is 29.9 Å². The highest BCUT2D eigenvalue weighted by Crippen LogP contribution is 2.37. The van der Waals surface area contributed by atoms with Gasteiger partial charge < -0.3 is 15.0 Å². The Kier molecular flexibility index (Phi) is 5.66. The minimum atomic E-state index is -0.0124. The molecule has 1 aliphatic carbocycles. The molecule has 2 rings (SSSR count). The van der Waals surface area contributed by atoms with Crippen LogP contribution in [0.4, 0.5) is 0 Å². The fraction of sp³-hybridized carbons (Fsp3) is 0.667. The van der Waals surface area contributed by atoms with Crippen LogP contribution >= 0.6 is 15.9 Å². The van der Waals surface area contributed by atoms with Gasteiger partial charge in [-0.3, -0.25) is 4.79 Å². The number of aliphatic hydroxyl groups is 1. The molecule has 2 N–H and O–H groups in total. The molecule has 0 aromatic carbocycles. The molecule has 0 radical (unpaired) electrons. The minimum absolute atomic E-state index is 0.0124. The van der Waals surface area contributed by atoms with Crippen molar-refractivity contribution in [1.82, 2.24) is 9.88 Å². The molecule has 5 heteroatoms. The van der Waals surface area contributed by atoms with E-state index in [1.807, 2.05) is 12.3 Å². The highest BCUT2D eigenvalue weighted by Gasteiger charge is 2.27. The van der Waals surface area contributed by atoms with Gasteiger partial charge in [-0.05, 0) is 53.6 Å². The third-order valence-electron chi connectivity index (χ3n) is 3.77. The lowest BCUT2D eigenvalue weighted by molar-refractivity contribution is 0.0933. The molecule has 1 heterocycles. The lowest BCUT2D eigenvalue weighted by Crippen LogP contribution is -2.31. The van der Waals surface area contributed by atoms with E-state index in [0.29, 0.717) is 18.5 Å². The summed E-state index contributed by atoms with van der Waals surface area (Å²) in [4.78, 5) is 12.3. The van der Waals surface area contributed by atoms with Crippen LogP contribution in [-0.2, 0) is 0 Å². The van der Waals surface area contributed by atoms with Crippen LogP contribution in [0.3, 0.4) is 0 Å². The van der Waals surface area contributed by atoms with E-state index in [9.17, 15) is 4.79 Å². The molecule has 1 unspecified atom stereocenters. The number of hydrogen-bond acceptors (Lipinski definition) is 2. The van der Waals surface area contributed by atoms with Gasteiger partial charge in [-0.1, -0.05) is 13.3 Å². The average molecular weight is 343 g/mol. The number of carbonyl (C=O) groups excluding carboxylic acids is 1. The SMILES string of the molecule is CCCC(CCO)CNC(=O)c1cc(Br)cn1C1CC1. The van der Waals surface area contributed by atoms with Crippen LogP contribution in [0, 0.1) is 5.92 Å². The molecule has 112 valence electrons. The molecule has 1 atom stereocenters. The first-order valence-corrected chi connectivity index (χ1v) is 8.21. The number of carbonyl (C=O) groups is 1. The number of amides is 1. The summed E-state index contributed by atoms with van der Waals surface area (Å²) in [5.74, 6) is 0.350. The van der Waals surface area contributed by atoms with Crippen molar-refractivity contribution < 1.29 is 9.90 Å². The number of rotatable bonds is 8. The quantitative estimate of drug-likeness (QED) is 0.762. The van der Waals surface area contributed by atoms with Crippen LogP contribution in [0.5, 0.6) is 0 Å². The lowest BCUT2D eigenvalue weighted by Gasteiger charge is -2.16. The zero-order chi connectivity index (χ0) is 14.5. The molecule has 1 aliphatic rings. The average Bonchev–Trinajstić information content (AvgIpc) is 3.19. The molecule has 0 bridgehead atoms. The molecular formula is C15H23BrN2O2. The Morgan fingerprint density at radius 3 is 2.90 bits per heavy atom. The Morgan fingerprint density at radius 1 is 1.55 bits per heavy atom. The molecule has 0 saturated heterocycles. The van der Waals surface area contributed by atoms with Gasteiger partial charge in [-0.15, -0.1) is 0 Å². The second kappa shape index (κ2) is 7.27. The van der Waals surface area contributed by atoms with Crippen molar-refractivity contribution in [1.29, 1.82) is 0 Å². The molecule has 1 aromatic heterocycles. The highest BCUT2D eigenvalue weighted by molar-refractivity contribution is 9.10. The zero-order valence-electron chi connectivity index (χ0n) is 11.9. The van der Waals surface area contributed by atoms with Crippen LogP contribution in [-0.4, -0.2) is 28.7 Å². The zero-order valence-corrected chi connectivity index (χ0v) is 13.5. The third-order valence-corrected chi connectivity index (χ3v) is 4.21. The standard InChI is InChI=1S/C15H23BrN2O2/c1-2-3-11(6-7-19)9-17-15(20)14-8-12(16)10-18(14)13-4-5-13/h8,10-11,13,19H,2-7,9H2,1H3,(H,17,20). The minimum Gasteiger partial charge on any atom is -0.396 e. The maximum atomic E-state index is 12.3. The van der Waals surface area contributed by atoms with E-state index in [4.69, 9.17) is 5.11 Å². The first-order valence-electron chi connectivity index (χ1n) is 7.42. The number of nitrogens with zero attached hydrogens (tertiary/aromatic N) is 1. The van der Waals surface area contributed by atoms with Gasteiger partial charge in [0.25, 0.3) is 5.91 Å². The maximum Gasteiger partial charge on any atom is 0.267 e. The van der Waals surface area contributed by atoms with Crippen LogP contribution in [0.1, 0.15) is 55.6 Å². The summed E-state index contributed by atoms with van der Waals surface area (Å²) in [5.41, 5.74) is 0.735. The van der Waals surface area contributed by atoms with E-state index < -0.39 is 0 Å². The van der Waals surface area contributed by atoms with Gasteiger partial charge >= 0.3 is 0 Å². The summed E-state index contributed by atoms with van der Waals surface area (Å²) in [6.45, 7) is 2.95. The van der Waals surface area contributed by atoms with Crippen molar-refractivity contribution in [2.45, 2.75) is 45.1 Å². The van der Waals surface area contributed by atoms with Gasteiger partial charge in [0.2, 0.25) is 0 Å². The summed E-state index contributed by atoms with van der Waals surface area (Å²) in [6, 6.07) is 2.38. The predicted molar refractivity (Wildman–Crippen MR) is 82.8 cm³/mol. The van der Waals surface area contributed by atoms with E-state index in [0.717, 1.165) is 42.3 Å². The van der Waals surface area contributed by atoms with E-state index in [2.05, 4.69) is 32.7 Å². The van der Waals surface area contributed by atoms with Crippen LogP contribution in [0.2, 0.25) is 0 Å². The van der Waals surface area contributed by atoms with E-state index >= 15 is 0 Å². The van der Waals surface area contributed by atoms with Gasteiger partial charge in [0.15, 0.2) is 0 Å². The number of hydrogen-bond donors (Lipinski definition) is 2. The molecule has 1 saturated carbocycles. The monoisotopic (exact) mass is 342 g/mol. The van der Waals surface area contributed by atoms with Crippen molar-refractivity contribution in [3.63, 3.8) is 0 Å². The second-order valence-electron chi connectivity index (χ2n) is 5.56. The van der Waals surface area contributed by atoms with Crippen LogP contribution < -0.4 is 5.32 Å². The Balaban J connectivity index is 1.94. The fourth-order valence-electron chi connectivity index (χ4n) is 2.55. The Morgan fingerprint density at radius 2 is 2.30 bits per heavy atom.